The van der Waals surface area contributed by atoms with E-state index in [0.717, 1.165) is 30.6 Å². The molecule has 0 N–H and O–H groups in total. The number of likely N-dealkylation sites (tertiary alicyclic amines) is 1. The summed E-state index contributed by atoms with van der Waals surface area (Å²) in [5.74, 6) is 0.485. The Morgan fingerprint density at radius 1 is 1.33 bits per heavy atom. The molecular formula is C18H20FN3O2. The van der Waals surface area contributed by atoms with Crippen molar-refractivity contribution in [1.82, 2.24) is 14.9 Å². The maximum Gasteiger partial charge on any atom is 0.248 e. The Bertz CT molecular complexity index is 706. The topological polar surface area (TPSA) is 55.3 Å². The van der Waals surface area contributed by atoms with Crippen LogP contribution in [0, 0.1) is 5.82 Å². The molecule has 1 atom stereocenters. The van der Waals surface area contributed by atoms with Crippen molar-refractivity contribution in [2.75, 3.05) is 26.8 Å². The number of nitrogens with zero attached hydrogens (tertiary/aromatic N) is 3. The molecule has 2 aromatic rings. The minimum absolute atomic E-state index is 0.00927. The molecule has 0 aliphatic carbocycles. The number of benzene rings is 1. The van der Waals surface area contributed by atoms with E-state index in [4.69, 9.17) is 4.74 Å². The fraction of sp³-hybridized carbons (Fsp3) is 0.389. The predicted molar refractivity (Wildman–Crippen MR) is 87.9 cm³/mol. The molecule has 0 bridgehead atoms. The Morgan fingerprint density at radius 3 is 2.88 bits per heavy atom. The molecule has 0 saturated carbocycles. The van der Waals surface area contributed by atoms with E-state index in [1.807, 2.05) is 11.0 Å². The number of ether oxygens (including phenoxy) is 1. The van der Waals surface area contributed by atoms with Crippen molar-refractivity contribution in [2.24, 2.45) is 0 Å². The largest absolute Gasteiger partial charge is 0.375 e. The lowest BCUT2D eigenvalue weighted by atomic mass is 9.94. The summed E-state index contributed by atoms with van der Waals surface area (Å²) >= 11 is 0. The zero-order chi connectivity index (χ0) is 16.9. The molecule has 6 heteroatoms. The molecule has 126 valence electrons. The average molecular weight is 329 g/mol. The Hall–Kier alpha value is -2.34. The van der Waals surface area contributed by atoms with Crippen LogP contribution >= 0.6 is 0 Å². The van der Waals surface area contributed by atoms with Crippen LogP contribution in [-0.2, 0) is 9.53 Å². The van der Waals surface area contributed by atoms with E-state index in [2.05, 4.69) is 9.97 Å². The van der Waals surface area contributed by atoms with Crippen molar-refractivity contribution in [1.29, 1.82) is 0 Å². The molecule has 1 aromatic carbocycles. The zero-order valence-electron chi connectivity index (χ0n) is 13.6. The molecule has 3 rings (SSSR count). The zero-order valence-corrected chi connectivity index (χ0v) is 13.6. The first kappa shape index (κ1) is 16.5. The van der Waals surface area contributed by atoms with Gasteiger partial charge in [0.2, 0.25) is 5.91 Å². The van der Waals surface area contributed by atoms with Gasteiger partial charge in [-0.2, -0.15) is 0 Å². The van der Waals surface area contributed by atoms with Gasteiger partial charge in [-0.15, -0.1) is 0 Å². The van der Waals surface area contributed by atoms with E-state index in [-0.39, 0.29) is 24.2 Å². The summed E-state index contributed by atoms with van der Waals surface area (Å²) in [5, 5.41) is 0. The van der Waals surface area contributed by atoms with Gasteiger partial charge < -0.3 is 9.64 Å². The molecule has 1 saturated heterocycles. The van der Waals surface area contributed by atoms with Gasteiger partial charge in [0.1, 0.15) is 12.4 Å². The number of aromatic nitrogens is 2. The molecule has 0 unspecified atom stereocenters. The van der Waals surface area contributed by atoms with Gasteiger partial charge in [-0.3, -0.25) is 4.79 Å². The molecule has 5 nitrogen and oxygen atoms in total. The van der Waals surface area contributed by atoms with Crippen LogP contribution in [0.3, 0.4) is 0 Å². The Balaban J connectivity index is 1.78. The first-order valence-corrected chi connectivity index (χ1v) is 8.03. The number of hydrogen-bond acceptors (Lipinski definition) is 4. The monoisotopic (exact) mass is 329 g/mol. The highest BCUT2D eigenvalue weighted by atomic mass is 19.1. The van der Waals surface area contributed by atoms with Gasteiger partial charge in [0.05, 0.1) is 0 Å². The summed E-state index contributed by atoms with van der Waals surface area (Å²) in [6.07, 6.45) is 3.64. The minimum Gasteiger partial charge on any atom is -0.375 e. The lowest BCUT2D eigenvalue weighted by Crippen LogP contribution is -2.41. The molecule has 1 aromatic heterocycles. The third-order valence-electron chi connectivity index (χ3n) is 4.24. The Kier molecular flexibility index (Phi) is 5.15. The van der Waals surface area contributed by atoms with Crippen molar-refractivity contribution < 1.29 is 13.9 Å². The van der Waals surface area contributed by atoms with Crippen molar-refractivity contribution >= 4 is 5.91 Å². The highest BCUT2D eigenvalue weighted by molar-refractivity contribution is 5.77. The SMILES string of the molecule is COCC(=O)N1CCC[C@H](c2ccnc(-c3ccc(F)cc3)n2)C1. The van der Waals surface area contributed by atoms with Crippen molar-refractivity contribution in [3.05, 3.63) is 48.0 Å². The number of piperidine rings is 1. The Labute approximate surface area is 140 Å². The van der Waals surface area contributed by atoms with Gasteiger partial charge in [-0.1, -0.05) is 0 Å². The maximum atomic E-state index is 13.1. The normalized spacial score (nSPS) is 17.8. The number of amides is 1. The number of hydrogen-bond donors (Lipinski definition) is 0. The second-order valence-corrected chi connectivity index (χ2v) is 5.92. The fourth-order valence-corrected chi connectivity index (χ4v) is 3.00. The van der Waals surface area contributed by atoms with Gasteiger partial charge in [0, 0.05) is 43.6 Å². The summed E-state index contributed by atoms with van der Waals surface area (Å²) in [4.78, 5) is 22.8. The summed E-state index contributed by atoms with van der Waals surface area (Å²) in [6, 6.07) is 8.03. The summed E-state index contributed by atoms with van der Waals surface area (Å²) in [6.45, 7) is 1.51. The standard InChI is InChI=1S/C18H20FN3O2/c1-24-12-17(23)22-10-2-3-14(11-22)16-8-9-20-18(21-16)13-4-6-15(19)7-5-13/h4-9,14H,2-3,10-12H2,1H3/t14-/m0/s1. The van der Waals surface area contributed by atoms with Crippen LogP contribution < -0.4 is 0 Å². The molecule has 0 spiro atoms. The van der Waals surface area contributed by atoms with Crippen LogP contribution in [0.4, 0.5) is 4.39 Å². The van der Waals surface area contributed by atoms with Crippen molar-refractivity contribution in [2.45, 2.75) is 18.8 Å². The molecule has 24 heavy (non-hydrogen) atoms. The lowest BCUT2D eigenvalue weighted by molar-refractivity contribution is -0.136. The van der Waals surface area contributed by atoms with Gasteiger partial charge in [-0.05, 0) is 43.2 Å². The van der Waals surface area contributed by atoms with Gasteiger partial charge >= 0.3 is 0 Å². The van der Waals surface area contributed by atoms with Gasteiger partial charge in [-0.25, -0.2) is 14.4 Å². The summed E-state index contributed by atoms with van der Waals surface area (Å²) in [7, 11) is 1.53. The molecule has 1 aliphatic rings. The molecule has 1 amide bonds. The van der Waals surface area contributed by atoms with E-state index in [1.54, 1.807) is 18.3 Å². The van der Waals surface area contributed by atoms with Crippen LogP contribution in [0.25, 0.3) is 11.4 Å². The van der Waals surface area contributed by atoms with Gasteiger partial charge in [0.15, 0.2) is 5.82 Å². The highest BCUT2D eigenvalue weighted by Gasteiger charge is 2.25. The molecular weight excluding hydrogens is 309 g/mol. The maximum absolute atomic E-state index is 13.1. The highest BCUT2D eigenvalue weighted by Crippen LogP contribution is 2.27. The Morgan fingerprint density at radius 2 is 2.12 bits per heavy atom. The van der Waals surface area contributed by atoms with Crippen LogP contribution in [0.5, 0.6) is 0 Å². The fourth-order valence-electron chi connectivity index (χ4n) is 3.00. The molecule has 1 fully saturated rings. The van der Waals surface area contributed by atoms with Crippen molar-refractivity contribution in [3.8, 4) is 11.4 Å². The third-order valence-corrected chi connectivity index (χ3v) is 4.24. The molecule has 0 radical (unpaired) electrons. The van der Waals surface area contributed by atoms with Crippen molar-refractivity contribution in [3.63, 3.8) is 0 Å². The van der Waals surface area contributed by atoms with E-state index in [9.17, 15) is 9.18 Å². The second kappa shape index (κ2) is 7.49. The first-order chi connectivity index (χ1) is 11.7. The minimum atomic E-state index is -0.283. The first-order valence-electron chi connectivity index (χ1n) is 8.03. The van der Waals surface area contributed by atoms with Crippen LogP contribution in [-0.4, -0.2) is 47.6 Å². The predicted octanol–water partition coefficient (Wildman–Crippen LogP) is 2.64. The van der Waals surface area contributed by atoms with E-state index < -0.39 is 0 Å². The van der Waals surface area contributed by atoms with Crippen LogP contribution in [0.1, 0.15) is 24.5 Å². The smallest absolute Gasteiger partial charge is 0.248 e. The lowest BCUT2D eigenvalue weighted by Gasteiger charge is -2.32. The average Bonchev–Trinajstić information content (AvgIpc) is 2.63. The van der Waals surface area contributed by atoms with E-state index >= 15 is 0 Å². The molecule has 1 aliphatic heterocycles. The quantitative estimate of drug-likeness (QED) is 0.865. The third kappa shape index (κ3) is 3.76. The summed E-state index contributed by atoms with van der Waals surface area (Å²) in [5.41, 5.74) is 1.70. The summed E-state index contributed by atoms with van der Waals surface area (Å²) < 4.78 is 18.0. The number of halogens is 1. The number of carbonyl (C=O) groups is 1. The van der Waals surface area contributed by atoms with E-state index in [0.29, 0.717) is 12.4 Å². The van der Waals surface area contributed by atoms with Gasteiger partial charge in [0.25, 0.3) is 0 Å². The van der Waals surface area contributed by atoms with Crippen LogP contribution in [0.15, 0.2) is 36.5 Å². The second-order valence-electron chi connectivity index (χ2n) is 5.92. The molecule has 2 heterocycles. The number of rotatable bonds is 4. The number of carbonyl (C=O) groups excluding carboxylic acids is 1. The number of methoxy groups -OCH3 is 1. The van der Waals surface area contributed by atoms with Crippen LogP contribution in [0.2, 0.25) is 0 Å². The van der Waals surface area contributed by atoms with E-state index in [1.165, 1.54) is 19.2 Å².